The van der Waals surface area contributed by atoms with Gasteiger partial charge in [0.25, 0.3) is 11.8 Å². The van der Waals surface area contributed by atoms with Gasteiger partial charge in [-0.25, -0.2) is 9.78 Å². The van der Waals surface area contributed by atoms with Crippen LogP contribution in [0.4, 0.5) is 13.2 Å². The van der Waals surface area contributed by atoms with Crippen molar-refractivity contribution in [2.75, 3.05) is 0 Å². The lowest BCUT2D eigenvalue weighted by Crippen LogP contribution is -2.33. The maximum Gasteiger partial charge on any atom is 0.416 e. The zero-order chi connectivity index (χ0) is 21.5. The Kier molecular flexibility index (Phi) is 4.86. The van der Waals surface area contributed by atoms with Gasteiger partial charge < -0.3 is 4.84 Å². The number of alkyl halides is 3. The molecule has 0 bridgehead atoms. The first-order valence-electron chi connectivity index (χ1n) is 8.54. The fraction of sp³-hybridized carbons (Fsp3) is 0.100. The fourth-order valence-corrected chi connectivity index (χ4v) is 3.70. The molecule has 3 aromatic rings. The molecular formula is C20H11F3N2O4S. The van der Waals surface area contributed by atoms with Crippen molar-refractivity contribution < 1.29 is 32.4 Å². The molecule has 30 heavy (non-hydrogen) atoms. The lowest BCUT2D eigenvalue weighted by molar-refractivity contribution is -0.167. The highest BCUT2D eigenvalue weighted by Gasteiger charge is 2.38. The first-order chi connectivity index (χ1) is 14.2. The number of amides is 2. The summed E-state index contributed by atoms with van der Waals surface area (Å²) in [6, 6.07) is 10.7. The molecule has 0 unspecified atom stereocenters. The normalized spacial score (nSPS) is 13.5. The molecule has 0 spiro atoms. The zero-order valence-corrected chi connectivity index (χ0v) is 15.8. The SMILES string of the molecule is O=C(Cc1csc(-c2cccc(C(F)(F)F)c2)n1)ON1C(=O)c2ccccc2C1=O. The second kappa shape index (κ2) is 7.38. The van der Waals surface area contributed by atoms with Gasteiger partial charge in [-0.05, 0) is 24.3 Å². The lowest BCUT2D eigenvalue weighted by atomic mass is 10.1. The van der Waals surface area contributed by atoms with Crippen molar-refractivity contribution in [3.05, 3.63) is 76.3 Å². The molecule has 2 heterocycles. The van der Waals surface area contributed by atoms with Crippen LogP contribution in [0.25, 0.3) is 10.6 Å². The van der Waals surface area contributed by atoms with Crippen LogP contribution in [-0.4, -0.2) is 27.8 Å². The summed E-state index contributed by atoms with van der Waals surface area (Å²) in [6.07, 6.45) is -4.84. The highest BCUT2D eigenvalue weighted by Crippen LogP contribution is 2.33. The maximum atomic E-state index is 12.9. The Morgan fingerprint density at radius 1 is 1.03 bits per heavy atom. The Labute approximate surface area is 171 Å². The number of imide groups is 1. The van der Waals surface area contributed by atoms with Gasteiger partial charge in [0.15, 0.2) is 0 Å². The zero-order valence-electron chi connectivity index (χ0n) is 15.0. The van der Waals surface area contributed by atoms with Crippen molar-refractivity contribution >= 4 is 29.1 Å². The lowest BCUT2D eigenvalue weighted by Gasteiger charge is -2.12. The first-order valence-corrected chi connectivity index (χ1v) is 9.42. The van der Waals surface area contributed by atoms with E-state index in [2.05, 4.69) is 4.98 Å². The molecule has 0 saturated heterocycles. The second-order valence-electron chi connectivity index (χ2n) is 6.31. The Bertz CT molecular complexity index is 1140. The Morgan fingerprint density at radius 2 is 1.70 bits per heavy atom. The van der Waals surface area contributed by atoms with Gasteiger partial charge in [-0.15, -0.1) is 11.3 Å². The maximum absolute atomic E-state index is 12.9. The number of aromatic nitrogens is 1. The van der Waals surface area contributed by atoms with Crippen LogP contribution in [0.1, 0.15) is 32.0 Å². The highest BCUT2D eigenvalue weighted by molar-refractivity contribution is 7.13. The topological polar surface area (TPSA) is 76.6 Å². The summed E-state index contributed by atoms with van der Waals surface area (Å²) in [5, 5.41) is 2.19. The number of thiazole rings is 1. The number of carbonyl (C=O) groups excluding carboxylic acids is 3. The minimum Gasteiger partial charge on any atom is -0.329 e. The number of benzene rings is 2. The van der Waals surface area contributed by atoms with E-state index in [0.29, 0.717) is 10.1 Å². The van der Waals surface area contributed by atoms with Crippen LogP contribution in [0.3, 0.4) is 0 Å². The van der Waals surface area contributed by atoms with E-state index in [4.69, 9.17) is 4.84 Å². The summed E-state index contributed by atoms with van der Waals surface area (Å²) < 4.78 is 38.6. The van der Waals surface area contributed by atoms with E-state index in [1.54, 1.807) is 12.1 Å². The van der Waals surface area contributed by atoms with Crippen LogP contribution in [0.5, 0.6) is 0 Å². The van der Waals surface area contributed by atoms with E-state index in [-0.39, 0.29) is 28.8 Å². The van der Waals surface area contributed by atoms with E-state index in [0.717, 1.165) is 23.5 Å². The van der Waals surface area contributed by atoms with Crippen LogP contribution >= 0.6 is 11.3 Å². The second-order valence-corrected chi connectivity index (χ2v) is 7.17. The molecule has 152 valence electrons. The van der Waals surface area contributed by atoms with Gasteiger partial charge in [0.05, 0.1) is 28.8 Å². The predicted molar refractivity (Wildman–Crippen MR) is 99.3 cm³/mol. The number of hydrogen-bond donors (Lipinski definition) is 0. The average Bonchev–Trinajstić information content (AvgIpc) is 3.27. The van der Waals surface area contributed by atoms with Crippen molar-refractivity contribution in [2.45, 2.75) is 12.6 Å². The molecule has 0 fully saturated rings. The third-order valence-electron chi connectivity index (χ3n) is 4.26. The molecule has 0 atom stereocenters. The molecule has 0 radical (unpaired) electrons. The molecule has 1 aliphatic rings. The number of carbonyl (C=O) groups is 3. The molecule has 10 heteroatoms. The predicted octanol–water partition coefficient (Wildman–Crippen LogP) is 4.13. The molecule has 2 amide bonds. The van der Waals surface area contributed by atoms with Gasteiger partial charge >= 0.3 is 12.1 Å². The number of hydroxylamine groups is 2. The van der Waals surface area contributed by atoms with Crippen LogP contribution in [-0.2, 0) is 22.2 Å². The van der Waals surface area contributed by atoms with Crippen molar-refractivity contribution in [3.8, 4) is 10.6 Å². The molecule has 4 rings (SSSR count). The number of rotatable bonds is 4. The summed E-state index contributed by atoms with van der Waals surface area (Å²) in [5.41, 5.74) is -0.0304. The summed E-state index contributed by atoms with van der Waals surface area (Å²) in [4.78, 5) is 45.7. The number of hydrogen-bond acceptors (Lipinski definition) is 6. The molecule has 6 nitrogen and oxygen atoms in total. The van der Waals surface area contributed by atoms with E-state index in [1.807, 2.05) is 0 Å². The van der Waals surface area contributed by atoms with Gasteiger partial charge in [-0.3, -0.25) is 9.59 Å². The number of halogens is 3. The van der Waals surface area contributed by atoms with E-state index in [9.17, 15) is 27.6 Å². The average molecular weight is 432 g/mol. The number of nitrogens with zero attached hydrogens (tertiary/aromatic N) is 2. The third kappa shape index (κ3) is 3.69. The monoisotopic (exact) mass is 432 g/mol. The molecule has 0 saturated carbocycles. The standard InChI is InChI=1S/C20H11F3N2O4S/c21-20(22,23)12-5-3-4-11(8-12)17-24-13(10-30-17)9-16(26)29-25-18(27)14-6-1-2-7-15(14)19(25)28/h1-8,10H,9H2. The fourth-order valence-electron chi connectivity index (χ4n) is 2.88. The van der Waals surface area contributed by atoms with Crippen LogP contribution in [0.2, 0.25) is 0 Å². The Hall–Kier alpha value is -3.53. The van der Waals surface area contributed by atoms with Gasteiger partial charge in [-0.2, -0.15) is 13.2 Å². The van der Waals surface area contributed by atoms with E-state index >= 15 is 0 Å². The van der Waals surface area contributed by atoms with Crippen LogP contribution < -0.4 is 0 Å². The van der Waals surface area contributed by atoms with Crippen molar-refractivity contribution in [1.82, 2.24) is 10.0 Å². The largest absolute Gasteiger partial charge is 0.416 e. The molecule has 0 aliphatic carbocycles. The molecule has 0 N–H and O–H groups in total. The Morgan fingerprint density at radius 3 is 2.33 bits per heavy atom. The summed E-state index contributed by atoms with van der Waals surface area (Å²) >= 11 is 1.06. The van der Waals surface area contributed by atoms with E-state index < -0.39 is 29.5 Å². The van der Waals surface area contributed by atoms with Gasteiger partial charge in [0.1, 0.15) is 5.01 Å². The van der Waals surface area contributed by atoms with Gasteiger partial charge in [0, 0.05) is 10.9 Å². The van der Waals surface area contributed by atoms with E-state index in [1.165, 1.54) is 29.6 Å². The minimum atomic E-state index is -4.48. The smallest absolute Gasteiger partial charge is 0.329 e. The summed E-state index contributed by atoms with van der Waals surface area (Å²) in [7, 11) is 0. The molecule has 1 aliphatic heterocycles. The van der Waals surface area contributed by atoms with Crippen LogP contribution in [0.15, 0.2) is 53.9 Å². The van der Waals surface area contributed by atoms with Gasteiger partial charge in [0.2, 0.25) is 0 Å². The quantitative estimate of drug-likeness (QED) is 0.580. The third-order valence-corrected chi connectivity index (χ3v) is 5.20. The Balaban J connectivity index is 1.46. The summed E-state index contributed by atoms with van der Waals surface area (Å²) in [6.45, 7) is 0. The van der Waals surface area contributed by atoms with Crippen LogP contribution in [0, 0.1) is 0 Å². The number of fused-ring (bicyclic) bond motifs is 1. The molecular weight excluding hydrogens is 421 g/mol. The van der Waals surface area contributed by atoms with Crippen molar-refractivity contribution in [3.63, 3.8) is 0 Å². The van der Waals surface area contributed by atoms with Crippen molar-refractivity contribution in [1.29, 1.82) is 0 Å². The summed E-state index contributed by atoms with van der Waals surface area (Å²) in [5.74, 6) is -2.39. The first kappa shape index (κ1) is 19.8. The highest BCUT2D eigenvalue weighted by atomic mass is 32.1. The van der Waals surface area contributed by atoms with Crippen molar-refractivity contribution in [2.24, 2.45) is 0 Å². The molecule has 2 aromatic carbocycles. The molecule has 1 aromatic heterocycles. The van der Waals surface area contributed by atoms with Gasteiger partial charge in [-0.1, -0.05) is 29.3 Å². The minimum absolute atomic E-state index is 0.135.